The van der Waals surface area contributed by atoms with Gasteiger partial charge < -0.3 is 10.1 Å². The third-order valence-corrected chi connectivity index (χ3v) is 4.16. The van der Waals surface area contributed by atoms with Crippen molar-refractivity contribution < 1.29 is 9.53 Å². The van der Waals surface area contributed by atoms with Gasteiger partial charge in [-0.2, -0.15) is 0 Å². The van der Waals surface area contributed by atoms with Crippen LogP contribution in [0.2, 0.25) is 5.02 Å². The molecule has 0 spiro atoms. The molecule has 1 unspecified atom stereocenters. The Morgan fingerprint density at radius 2 is 2.42 bits per heavy atom. The average Bonchev–Trinajstić information content (AvgIpc) is 2.89. The molecule has 0 aliphatic carbocycles. The van der Waals surface area contributed by atoms with E-state index in [-0.39, 0.29) is 11.9 Å². The average molecular weight is 301 g/mol. The van der Waals surface area contributed by atoms with Crippen molar-refractivity contribution in [2.24, 2.45) is 0 Å². The van der Waals surface area contributed by atoms with Crippen molar-refractivity contribution in [1.29, 1.82) is 0 Å². The van der Waals surface area contributed by atoms with Gasteiger partial charge in [0.15, 0.2) is 0 Å². The van der Waals surface area contributed by atoms with Gasteiger partial charge in [0.25, 0.3) is 0 Å². The topological polar surface area (TPSA) is 50.4 Å². The molecule has 1 heterocycles. The van der Waals surface area contributed by atoms with Crippen LogP contribution in [0, 0.1) is 6.92 Å². The molecule has 4 nitrogen and oxygen atoms in total. The lowest BCUT2D eigenvalue weighted by Gasteiger charge is -2.14. The van der Waals surface area contributed by atoms with E-state index >= 15 is 0 Å². The monoisotopic (exact) mass is 300 g/mol. The number of amides is 1. The highest BCUT2D eigenvalue weighted by Crippen LogP contribution is 2.27. The number of carbonyl (C=O) groups is 1. The van der Waals surface area contributed by atoms with E-state index in [1.165, 1.54) is 0 Å². The van der Waals surface area contributed by atoms with E-state index in [0.29, 0.717) is 11.6 Å². The van der Waals surface area contributed by atoms with Crippen LogP contribution >= 0.6 is 23.4 Å². The number of halogens is 1. The van der Waals surface area contributed by atoms with Gasteiger partial charge in [-0.05, 0) is 24.6 Å². The molecule has 0 radical (unpaired) electrons. The largest absolute Gasteiger partial charge is 0.496 e. The SMILES string of the molecule is COc1c(C)cc(Cl)cc1CNC(=O)C1CSCN1. The van der Waals surface area contributed by atoms with Crippen LogP contribution < -0.4 is 15.4 Å². The van der Waals surface area contributed by atoms with Crippen molar-refractivity contribution in [1.82, 2.24) is 10.6 Å². The molecule has 1 aliphatic rings. The van der Waals surface area contributed by atoms with Crippen LogP contribution in [0.25, 0.3) is 0 Å². The van der Waals surface area contributed by atoms with Gasteiger partial charge in [0.1, 0.15) is 5.75 Å². The van der Waals surface area contributed by atoms with Gasteiger partial charge >= 0.3 is 0 Å². The van der Waals surface area contributed by atoms with Crippen LogP contribution in [0.4, 0.5) is 0 Å². The zero-order valence-corrected chi connectivity index (χ0v) is 12.5. The Kier molecular flexibility index (Phi) is 4.96. The molecule has 0 saturated carbocycles. The minimum Gasteiger partial charge on any atom is -0.496 e. The Bertz CT molecular complexity index is 476. The lowest BCUT2D eigenvalue weighted by atomic mass is 10.1. The first kappa shape index (κ1) is 14.5. The second kappa shape index (κ2) is 6.50. The Labute approximate surface area is 122 Å². The fourth-order valence-corrected chi connectivity index (χ4v) is 3.33. The maximum atomic E-state index is 11.9. The molecular weight excluding hydrogens is 284 g/mol. The summed E-state index contributed by atoms with van der Waals surface area (Å²) < 4.78 is 5.36. The van der Waals surface area contributed by atoms with Gasteiger partial charge in [0.2, 0.25) is 5.91 Å². The normalized spacial score (nSPS) is 18.4. The highest BCUT2D eigenvalue weighted by Gasteiger charge is 2.22. The molecule has 1 fully saturated rings. The minimum absolute atomic E-state index is 0.0182. The van der Waals surface area contributed by atoms with E-state index < -0.39 is 0 Å². The fourth-order valence-electron chi connectivity index (χ4n) is 2.09. The van der Waals surface area contributed by atoms with E-state index in [2.05, 4.69) is 10.6 Å². The summed E-state index contributed by atoms with van der Waals surface area (Å²) in [4.78, 5) is 11.9. The Morgan fingerprint density at radius 1 is 1.63 bits per heavy atom. The maximum absolute atomic E-state index is 11.9. The Balaban J connectivity index is 2.04. The summed E-state index contributed by atoms with van der Waals surface area (Å²) in [5, 5.41) is 6.70. The van der Waals surface area contributed by atoms with Gasteiger partial charge in [-0.15, -0.1) is 11.8 Å². The number of ether oxygens (including phenoxy) is 1. The van der Waals surface area contributed by atoms with Gasteiger partial charge in [-0.1, -0.05) is 11.6 Å². The predicted molar refractivity (Wildman–Crippen MR) is 78.8 cm³/mol. The summed E-state index contributed by atoms with van der Waals surface area (Å²) in [6.45, 7) is 2.36. The minimum atomic E-state index is -0.101. The molecule has 6 heteroatoms. The maximum Gasteiger partial charge on any atom is 0.238 e. The smallest absolute Gasteiger partial charge is 0.238 e. The number of carbonyl (C=O) groups excluding carboxylic acids is 1. The van der Waals surface area contributed by atoms with Crippen LogP contribution in [0.1, 0.15) is 11.1 Å². The van der Waals surface area contributed by atoms with Crippen molar-refractivity contribution in [3.63, 3.8) is 0 Å². The molecule has 1 aromatic carbocycles. The van der Waals surface area contributed by atoms with Crippen LogP contribution in [0.3, 0.4) is 0 Å². The van der Waals surface area contributed by atoms with E-state index in [1.807, 2.05) is 19.1 Å². The van der Waals surface area contributed by atoms with Crippen molar-refractivity contribution >= 4 is 29.3 Å². The molecule has 2 rings (SSSR count). The van der Waals surface area contributed by atoms with Crippen LogP contribution in [0.15, 0.2) is 12.1 Å². The summed E-state index contributed by atoms with van der Waals surface area (Å²) in [5.41, 5.74) is 1.86. The second-order valence-electron chi connectivity index (χ2n) is 4.40. The third kappa shape index (κ3) is 3.55. The summed E-state index contributed by atoms with van der Waals surface area (Å²) in [6, 6.07) is 3.57. The third-order valence-electron chi connectivity index (χ3n) is 3.01. The fraction of sp³-hybridized carbons (Fsp3) is 0.462. The molecule has 1 saturated heterocycles. The first-order valence-corrected chi connectivity index (χ1v) is 7.57. The second-order valence-corrected chi connectivity index (χ2v) is 5.87. The quantitative estimate of drug-likeness (QED) is 0.892. The molecule has 2 N–H and O–H groups in total. The van der Waals surface area contributed by atoms with Crippen molar-refractivity contribution in [3.05, 3.63) is 28.3 Å². The Hall–Kier alpha value is -0.910. The number of benzene rings is 1. The van der Waals surface area contributed by atoms with Gasteiger partial charge in [-0.3, -0.25) is 10.1 Å². The number of hydrogen-bond donors (Lipinski definition) is 2. The van der Waals surface area contributed by atoms with Crippen molar-refractivity contribution in [3.8, 4) is 5.75 Å². The summed E-state index contributed by atoms with van der Waals surface area (Å²) in [7, 11) is 1.62. The van der Waals surface area contributed by atoms with Crippen LogP contribution in [-0.2, 0) is 11.3 Å². The molecule has 1 aromatic rings. The summed E-state index contributed by atoms with van der Waals surface area (Å²) in [6.07, 6.45) is 0. The summed E-state index contributed by atoms with van der Waals surface area (Å²) in [5.74, 6) is 2.44. The van der Waals surface area contributed by atoms with E-state index in [0.717, 1.165) is 28.5 Å². The number of methoxy groups -OCH3 is 1. The van der Waals surface area contributed by atoms with Gasteiger partial charge in [0.05, 0.1) is 13.2 Å². The molecule has 1 aliphatic heterocycles. The zero-order valence-electron chi connectivity index (χ0n) is 11.0. The van der Waals surface area contributed by atoms with Crippen molar-refractivity contribution in [2.75, 3.05) is 18.7 Å². The van der Waals surface area contributed by atoms with E-state index in [9.17, 15) is 4.79 Å². The summed E-state index contributed by atoms with van der Waals surface area (Å²) >= 11 is 7.76. The molecule has 104 valence electrons. The van der Waals surface area contributed by atoms with Gasteiger partial charge in [-0.25, -0.2) is 0 Å². The highest BCUT2D eigenvalue weighted by atomic mass is 35.5. The lowest BCUT2D eigenvalue weighted by molar-refractivity contribution is -0.122. The van der Waals surface area contributed by atoms with Crippen LogP contribution in [0.5, 0.6) is 5.75 Å². The van der Waals surface area contributed by atoms with E-state index in [4.69, 9.17) is 16.3 Å². The Morgan fingerprint density at radius 3 is 3.05 bits per heavy atom. The standard InChI is InChI=1S/C13H17ClN2O2S/c1-8-3-10(14)4-9(12(8)18-2)5-15-13(17)11-6-19-7-16-11/h3-4,11,16H,5-7H2,1-2H3,(H,15,17). The van der Waals surface area contributed by atoms with E-state index in [1.54, 1.807) is 18.9 Å². The molecule has 0 aromatic heterocycles. The number of rotatable bonds is 4. The predicted octanol–water partition coefficient (Wildman–Crippen LogP) is 1.94. The van der Waals surface area contributed by atoms with Crippen molar-refractivity contribution in [2.45, 2.75) is 19.5 Å². The number of nitrogens with one attached hydrogen (secondary N) is 2. The molecule has 1 amide bonds. The number of thioether (sulfide) groups is 1. The number of hydrogen-bond acceptors (Lipinski definition) is 4. The van der Waals surface area contributed by atoms with Crippen LogP contribution in [-0.4, -0.2) is 30.7 Å². The molecule has 1 atom stereocenters. The molecule has 19 heavy (non-hydrogen) atoms. The molecular formula is C13H17ClN2O2S. The lowest BCUT2D eigenvalue weighted by Crippen LogP contribution is -2.41. The number of aryl methyl sites for hydroxylation is 1. The molecule has 0 bridgehead atoms. The van der Waals surface area contributed by atoms with Gasteiger partial charge in [0, 0.05) is 28.8 Å². The first-order valence-electron chi connectivity index (χ1n) is 6.03. The first-order chi connectivity index (χ1) is 9.11. The zero-order chi connectivity index (χ0) is 13.8. The highest BCUT2D eigenvalue weighted by molar-refractivity contribution is 7.99.